The Labute approximate surface area is 176 Å². The van der Waals surface area contributed by atoms with Gasteiger partial charge in [0.1, 0.15) is 0 Å². The van der Waals surface area contributed by atoms with Crippen LogP contribution in [0.1, 0.15) is 6.42 Å². The van der Waals surface area contributed by atoms with Gasteiger partial charge in [0.15, 0.2) is 0 Å². The summed E-state index contributed by atoms with van der Waals surface area (Å²) in [5.41, 5.74) is 6.44. The molecule has 0 saturated carbocycles. The van der Waals surface area contributed by atoms with Gasteiger partial charge < -0.3 is 26.2 Å². The summed E-state index contributed by atoms with van der Waals surface area (Å²) in [6, 6.07) is 7.51. The van der Waals surface area contributed by atoms with Gasteiger partial charge in [-0.1, -0.05) is 11.6 Å². The fraction of sp³-hybridized carbons (Fsp3) is 0.529. The number of amides is 2. The number of benzene rings is 1. The molecule has 2 atom stereocenters. The van der Waals surface area contributed by atoms with E-state index in [0.29, 0.717) is 26.1 Å². The highest BCUT2D eigenvalue weighted by molar-refractivity contribution is 6.30. The summed E-state index contributed by atoms with van der Waals surface area (Å²) in [6.07, 6.45) is 0.613. The number of anilines is 1. The van der Waals surface area contributed by atoms with Gasteiger partial charge in [0.05, 0.1) is 12.6 Å². The van der Waals surface area contributed by atoms with Crippen molar-refractivity contribution in [3.8, 4) is 0 Å². The molecule has 4 N–H and O–H groups in total. The Kier molecular flexibility index (Phi) is 9.62. The average Bonchev–Trinajstić information content (AvgIpc) is 3.10. The zero-order valence-electron chi connectivity index (χ0n) is 14.9. The fourth-order valence-corrected chi connectivity index (χ4v) is 3.50. The molecule has 1 aromatic rings. The Balaban J connectivity index is 0.00000182. The van der Waals surface area contributed by atoms with Crippen molar-refractivity contribution in [2.24, 2.45) is 5.73 Å². The van der Waals surface area contributed by atoms with Gasteiger partial charge >= 0.3 is 0 Å². The lowest BCUT2D eigenvalue weighted by molar-refractivity contribution is -0.133. The van der Waals surface area contributed by atoms with Crippen molar-refractivity contribution in [2.45, 2.75) is 18.5 Å². The molecule has 10 heteroatoms. The third-order valence-corrected chi connectivity index (χ3v) is 5.01. The molecule has 3 rings (SSSR count). The van der Waals surface area contributed by atoms with Crippen LogP contribution in [0, 0.1) is 0 Å². The van der Waals surface area contributed by atoms with Gasteiger partial charge in [-0.25, -0.2) is 0 Å². The van der Waals surface area contributed by atoms with Crippen LogP contribution in [0.25, 0.3) is 0 Å². The second-order valence-electron chi connectivity index (χ2n) is 6.45. The molecular formula is C17H26Cl3N5O2. The van der Waals surface area contributed by atoms with E-state index in [2.05, 4.69) is 15.5 Å². The lowest BCUT2D eigenvalue weighted by Gasteiger charge is -2.37. The second kappa shape index (κ2) is 10.9. The molecule has 1 unspecified atom stereocenters. The predicted octanol–water partition coefficient (Wildman–Crippen LogP) is 0.638. The molecule has 0 spiro atoms. The van der Waals surface area contributed by atoms with Crippen LogP contribution in [-0.4, -0.2) is 68.1 Å². The lowest BCUT2D eigenvalue weighted by Crippen LogP contribution is -2.53. The van der Waals surface area contributed by atoms with Gasteiger partial charge in [-0.15, -0.1) is 24.8 Å². The quantitative estimate of drug-likeness (QED) is 0.642. The maximum absolute atomic E-state index is 12.7. The van der Waals surface area contributed by atoms with Crippen LogP contribution in [-0.2, 0) is 9.59 Å². The van der Waals surface area contributed by atoms with Crippen molar-refractivity contribution in [2.75, 3.05) is 44.2 Å². The summed E-state index contributed by atoms with van der Waals surface area (Å²) < 4.78 is 0. The molecule has 2 heterocycles. The van der Waals surface area contributed by atoms with E-state index < -0.39 is 0 Å². The molecule has 2 amide bonds. The average molecular weight is 439 g/mol. The van der Waals surface area contributed by atoms with Crippen molar-refractivity contribution in [1.82, 2.24) is 15.5 Å². The Morgan fingerprint density at radius 1 is 1.15 bits per heavy atom. The van der Waals surface area contributed by atoms with Crippen LogP contribution >= 0.6 is 36.4 Å². The first-order chi connectivity index (χ1) is 12.1. The number of nitrogens with zero attached hydrogens (tertiary/aromatic N) is 2. The smallest absolute Gasteiger partial charge is 0.239 e. The maximum Gasteiger partial charge on any atom is 0.239 e. The Morgan fingerprint density at radius 2 is 1.78 bits per heavy atom. The molecule has 2 aliphatic rings. The zero-order valence-corrected chi connectivity index (χ0v) is 17.3. The van der Waals surface area contributed by atoms with E-state index in [4.69, 9.17) is 17.3 Å². The van der Waals surface area contributed by atoms with Crippen LogP contribution in [0.15, 0.2) is 24.3 Å². The Hall–Kier alpha value is -1.25. The van der Waals surface area contributed by atoms with Gasteiger partial charge in [0.25, 0.3) is 0 Å². The lowest BCUT2D eigenvalue weighted by atomic mass is 10.1. The number of nitrogens with one attached hydrogen (secondary N) is 2. The number of nitrogens with two attached hydrogens (primary N) is 1. The molecule has 27 heavy (non-hydrogen) atoms. The second-order valence-corrected chi connectivity index (χ2v) is 6.89. The van der Waals surface area contributed by atoms with E-state index in [-0.39, 0.29) is 55.3 Å². The van der Waals surface area contributed by atoms with Crippen molar-refractivity contribution < 1.29 is 9.59 Å². The number of carbonyl (C=O) groups is 2. The highest BCUT2D eigenvalue weighted by Crippen LogP contribution is 2.20. The monoisotopic (exact) mass is 437 g/mol. The first-order valence-electron chi connectivity index (χ1n) is 8.59. The van der Waals surface area contributed by atoms with Crippen LogP contribution in [0.4, 0.5) is 5.69 Å². The van der Waals surface area contributed by atoms with Gasteiger partial charge in [0.2, 0.25) is 11.8 Å². The number of piperazine rings is 1. The fourth-order valence-electron chi connectivity index (χ4n) is 3.38. The van der Waals surface area contributed by atoms with E-state index >= 15 is 0 Å². The normalized spacial score (nSPS) is 21.9. The van der Waals surface area contributed by atoms with Crippen molar-refractivity contribution in [1.29, 1.82) is 0 Å². The highest BCUT2D eigenvalue weighted by Gasteiger charge is 2.34. The molecule has 2 fully saturated rings. The first-order valence-corrected chi connectivity index (χ1v) is 8.96. The van der Waals surface area contributed by atoms with Crippen LogP contribution in [0.5, 0.6) is 0 Å². The Bertz CT molecular complexity index is 623. The summed E-state index contributed by atoms with van der Waals surface area (Å²) in [5, 5.41) is 6.76. The molecule has 152 valence electrons. The van der Waals surface area contributed by atoms with E-state index in [1.807, 2.05) is 29.2 Å². The zero-order chi connectivity index (χ0) is 17.8. The first kappa shape index (κ1) is 23.8. The van der Waals surface area contributed by atoms with Gasteiger partial charge in [0, 0.05) is 49.5 Å². The number of hydrogen-bond acceptors (Lipinski definition) is 5. The number of hydrogen-bond donors (Lipinski definition) is 3. The standard InChI is InChI=1S/C17H24ClN5O2.2ClH/c18-12-1-3-14(4-2-12)22-5-7-23(8-6-22)17(25)15-9-13(11-20-15)21-16(24)10-19;;/h1-4,13,15,20H,5-11,19H2,(H,21,24);2*1H/t13?,15-;;/m1../s1. The SMILES string of the molecule is Cl.Cl.NCC(=O)NC1CN[C@@H](C(=O)N2CCN(c3ccc(Cl)cc3)CC2)C1. The van der Waals surface area contributed by atoms with Gasteiger partial charge in [-0.05, 0) is 30.7 Å². The summed E-state index contributed by atoms with van der Waals surface area (Å²) in [5.74, 6) is -0.0725. The summed E-state index contributed by atoms with van der Waals surface area (Å²) >= 11 is 5.93. The minimum Gasteiger partial charge on any atom is -0.368 e. The van der Waals surface area contributed by atoms with E-state index in [9.17, 15) is 9.59 Å². The predicted molar refractivity (Wildman–Crippen MR) is 112 cm³/mol. The molecule has 2 saturated heterocycles. The van der Waals surface area contributed by atoms with Crippen molar-refractivity contribution >= 4 is 53.9 Å². The molecule has 7 nitrogen and oxygen atoms in total. The van der Waals surface area contributed by atoms with E-state index in [1.165, 1.54) is 0 Å². The number of carbonyl (C=O) groups excluding carboxylic acids is 2. The molecule has 0 aromatic heterocycles. The minimum atomic E-state index is -0.231. The van der Waals surface area contributed by atoms with Crippen molar-refractivity contribution in [3.05, 3.63) is 29.3 Å². The van der Waals surface area contributed by atoms with Crippen LogP contribution in [0.2, 0.25) is 5.02 Å². The third kappa shape index (κ3) is 6.12. The topological polar surface area (TPSA) is 90.7 Å². The number of rotatable bonds is 4. The summed E-state index contributed by atoms with van der Waals surface area (Å²) in [7, 11) is 0. The van der Waals surface area contributed by atoms with E-state index in [1.54, 1.807) is 0 Å². The third-order valence-electron chi connectivity index (χ3n) is 4.76. The molecular weight excluding hydrogens is 413 g/mol. The Morgan fingerprint density at radius 3 is 2.37 bits per heavy atom. The van der Waals surface area contributed by atoms with Crippen LogP contribution in [0.3, 0.4) is 0 Å². The van der Waals surface area contributed by atoms with Gasteiger partial charge in [-0.3, -0.25) is 9.59 Å². The maximum atomic E-state index is 12.7. The highest BCUT2D eigenvalue weighted by atomic mass is 35.5. The largest absolute Gasteiger partial charge is 0.368 e. The van der Waals surface area contributed by atoms with Gasteiger partial charge in [-0.2, -0.15) is 0 Å². The molecule has 0 radical (unpaired) electrons. The van der Waals surface area contributed by atoms with E-state index in [0.717, 1.165) is 23.8 Å². The molecule has 0 aliphatic carbocycles. The van der Waals surface area contributed by atoms with Crippen LogP contribution < -0.4 is 21.3 Å². The molecule has 0 bridgehead atoms. The summed E-state index contributed by atoms with van der Waals surface area (Å²) in [4.78, 5) is 28.2. The molecule has 1 aromatic carbocycles. The summed E-state index contributed by atoms with van der Waals surface area (Å²) in [6.45, 7) is 3.56. The number of halogens is 3. The van der Waals surface area contributed by atoms with Crippen molar-refractivity contribution in [3.63, 3.8) is 0 Å². The minimum absolute atomic E-state index is 0. The molecule has 2 aliphatic heterocycles.